The van der Waals surface area contributed by atoms with Crippen molar-refractivity contribution in [1.29, 1.82) is 0 Å². The second kappa shape index (κ2) is 14.6. The van der Waals surface area contributed by atoms with E-state index in [0.29, 0.717) is 39.1 Å². The van der Waals surface area contributed by atoms with Gasteiger partial charge >= 0.3 is 11.9 Å². The zero-order valence-corrected chi connectivity index (χ0v) is 29.2. The summed E-state index contributed by atoms with van der Waals surface area (Å²) in [5, 5.41) is 22.8. The number of rotatable bonds is 10. The summed E-state index contributed by atoms with van der Waals surface area (Å²) in [6.45, 7) is 2.39. The maximum atomic E-state index is 13.8. The third-order valence-corrected chi connectivity index (χ3v) is 10.8. The molecular weight excluding hydrogens is 683 g/mol. The number of aryl methyl sites for hydroxylation is 1. The van der Waals surface area contributed by atoms with Crippen LogP contribution >= 0.6 is 23.1 Å². The van der Waals surface area contributed by atoms with Gasteiger partial charge in [-0.3, -0.25) is 14.5 Å². The second-order valence-corrected chi connectivity index (χ2v) is 14.0. The summed E-state index contributed by atoms with van der Waals surface area (Å²) in [5.41, 5.74) is 4.30. The monoisotopic (exact) mass is 713 g/mol. The Morgan fingerprint density at radius 3 is 2.29 bits per heavy atom. The molecule has 1 atom stereocenters. The first-order valence-electron chi connectivity index (χ1n) is 16.0. The number of methoxy groups -OCH3 is 1. The first kappa shape index (κ1) is 33.7. The molecule has 1 aliphatic rings. The molecule has 2 heterocycles. The SMILES string of the molecule is COC(=O)c1ccc(C2/C(=C(\O)c3ccc(OCc4ccccc4C)cc3)C(=O)C(=O)N2c2nnc(SCc3cccc4ccccc34)s2)cc1. The Balaban J connectivity index is 1.20. The molecule has 6 aromatic rings. The van der Waals surface area contributed by atoms with Crippen LogP contribution in [0.2, 0.25) is 0 Å². The Kier molecular flexibility index (Phi) is 9.65. The first-order chi connectivity index (χ1) is 24.8. The lowest BCUT2D eigenvalue weighted by Gasteiger charge is -2.22. The topological polar surface area (TPSA) is 119 Å². The number of nitrogens with zero attached hydrogens (tertiary/aromatic N) is 3. The fourth-order valence-corrected chi connectivity index (χ4v) is 7.85. The Hall–Kier alpha value is -5.78. The largest absolute Gasteiger partial charge is 0.507 e. The van der Waals surface area contributed by atoms with E-state index in [2.05, 4.69) is 34.5 Å². The highest BCUT2D eigenvalue weighted by atomic mass is 32.2. The molecule has 7 rings (SSSR count). The van der Waals surface area contributed by atoms with Crippen molar-refractivity contribution in [2.24, 2.45) is 0 Å². The molecule has 254 valence electrons. The van der Waals surface area contributed by atoms with Gasteiger partial charge in [-0.25, -0.2) is 4.79 Å². The van der Waals surface area contributed by atoms with Gasteiger partial charge in [0.25, 0.3) is 5.78 Å². The molecule has 0 saturated carbocycles. The van der Waals surface area contributed by atoms with Gasteiger partial charge in [-0.15, -0.1) is 10.2 Å². The van der Waals surface area contributed by atoms with Gasteiger partial charge in [-0.2, -0.15) is 0 Å². The minimum absolute atomic E-state index is 0.112. The van der Waals surface area contributed by atoms with E-state index in [1.165, 1.54) is 35.1 Å². The molecule has 0 bridgehead atoms. The number of esters is 1. The molecule has 1 N–H and O–H groups in total. The van der Waals surface area contributed by atoms with Crippen LogP contribution in [0, 0.1) is 6.92 Å². The molecule has 1 saturated heterocycles. The summed E-state index contributed by atoms with van der Waals surface area (Å²) in [7, 11) is 1.29. The number of thioether (sulfide) groups is 1. The van der Waals surface area contributed by atoms with Crippen LogP contribution in [0.3, 0.4) is 0 Å². The molecule has 51 heavy (non-hydrogen) atoms. The van der Waals surface area contributed by atoms with Crippen molar-refractivity contribution >= 4 is 62.4 Å². The normalized spacial score (nSPS) is 15.3. The number of aliphatic hydroxyl groups is 1. The van der Waals surface area contributed by atoms with Gasteiger partial charge in [0.05, 0.1) is 24.3 Å². The van der Waals surface area contributed by atoms with E-state index in [-0.39, 0.29) is 16.5 Å². The number of hydrogen-bond donors (Lipinski definition) is 1. The fourth-order valence-electron chi connectivity index (χ4n) is 5.98. The number of ketones is 1. The minimum Gasteiger partial charge on any atom is -0.507 e. The van der Waals surface area contributed by atoms with Gasteiger partial charge in [0.2, 0.25) is 5.13 Å². The highest BCUT2D eigenvalue weighted by molar-refractivity contribution is 8.00. The molecule has 9 nitrogen and oxygen atoms in total. The number of benzene rings is 5. The molecule has 5 aromatic carbocycles. The van der Waals surface area contributed by atoms with Crippen molar-refractivity contribution < 1.29 is 29.0 Å². The molecule has 0 radical (unpaired) electrons. The van der Waals surface area contributed by atoms with E-state index in [4.69, 9.17) is 9.47 Å². The summed E-state index contributed by atoms with van der Waals surface area (Å²) in [5.74, 6) is -1.39. The van der Waals surface area contributed by atoms with Crippen LogP contribution in [0.4, 0.5) is 5.13 Å². The number of carbonyl (C=O) groups is 3. The van der Waals surface area contributed by atoms with Crippen molar-refractivity contribution in [2.75, 3.05) is 12.0 Å². The zero-order chi connectivity index (χ0) is 35.5. The van der Waals surface area contributed by atoms with Crippen molar-refractivity contribution in [1.82, 2.24) is 10.2 Å². The highest BCUT2D eigenvalue weighted by Crippen LogP contribution is 2.44. The second-order valence-electron chi connectivity index (χ2n) is 11.8. The molecule has 1 unspecified atom stereocenters. The third-order valence-electron chi connectivity index (χ3n) is 8.71. The Morgan fingerprint density at radius 1 is 0.843 bits per heavy atom. The summed E-state index contributed by atoms with van der Waals surface area (Å²) < 4.78 is 11.4. The summed E-state index contributed by atoms with van der Waals surface area (Å²) in [4.78, 5) is 41.0. The maximum absolute atomic E-state index is 13.8. The number of amides is 1. The van der Waals surface area contributed by atoms with Gasteiger partial charge in [0, 0.05) is 11.3 Å². The first-order valence-corrected chi connectivity index (χ1v) is 17.8. The molecule has 0 spiro atoms. The molecule has 0 aliphatic carbocycles. The fraction of sp³-hybridized carbons (Fsp3) is 0.125. The summed E-state index contributed by atoms with van der Waals surface area (Å²) >= 11 is 2.67. The quantitative estimate of drug-likeness (QED) is 0.0374. The zero-order valence-electron chi connectivity index (χ0n) is 27.6. The average molecular weight is 714 g/mol. The average Bonchev–Trinajstić information content (AvgIpc) is 3.74. The van der Waals surface area contributed by atoms with Gasteiger partial charge in [0.15, 0.2) is 4.34 Å². The van der Waals surface area contributed by atoms with Crippen LogP contribution in [-0.4, -0.2) is 40.1 Å². The van der Waals surface area contributed by atoms with E-state index in [0.717, 1.165) is 27.5 Å². The maximum Gasteiger partial charge on any atom is 0.337 e. The Labute approximate surface area is 302 Å². The molecule has 1 aromatic heterocycles. The van der Waals surface area contributed by atoms with Gasteiger partial charge in [-0.1, -0.05) is 102 Å². The van der Waals surface area contributed by atoms with E-state index < -0.39 is 23.7 Å². The smallest absolute Gasteiger partial charge is 0.337 e. The van der Waals surface area contributed by atoms with E-state index in [1.807, 2.05) is 49.4 Å². The van der Waals surface area contributed by atoms with Crippen LogP contribution in [0.1, 0.15) is 44.2 Å². The lowest BCUT2D eigenvalue weighted by atomic mass is 9.94. The van der Waals surface area contributed by atoms with Crippen LogP contribution in [0.15, 0.2) is 125 Å². The molecule has 1 aliphatic heterocycles. The molecule has 1 fully saturated rings. The predicted molar refractivity (Wildman–Crippen MR) is 198 cm³/mol. The highest BCUT2D eigenvalue weighted by Gasteiger charge is 2.48. The number of Topliss-reactive ketones (excluding diaryl/α,β-unsaturated/α-hetero) is 1. The molecule has 11 heteroatoms. The van der Waals surface area contributed by atoms with Crippen LogP contribution in [0.25, 0.3) is 16.5 Å². The van der Waals surface area contributed by atoms with Crippen molar-refractivity contribution in [3.63, 3.8) is 0 Å². The number of aliphatic hydroxyl groups excluding tert-OH is 1. The summed E-state index contributed by atoms with van der Waals surface area (Å²) in [6, 6.07) is 34.2. The van der Waals surface area contributed by atoms with Crippen LogP contribution < -0.4 is 9.64 Å². The lowest BCUT2D eigenvalue weighted by Crippen LogP contribution is -2.29. The number of anilines is 1. The van der Waals surface area contributed by atoms with Gasteiger partial charge in [0.1, 0.15) is 18.1 Å². The van der Waals surface area contributed by atoms with E-state index >= 15 is 0 Å². The van der Waals surface area contributed by atoms with Crippen molar-refractivity contribution in [2.45, 2.75) is 29.7 Å². The molecule has 1 amide bonds. The van der Waals surface area contributed by atoms with Crippen LogP contribution in [0.5, 0.6) is 5.75 Å². The van der Waals surface area contributed by atoms with E-state index in [1.54, 1.807) is 48.5 Å². The Bertz CT molecular complexity index is 2290. The van der Waals surface area contributed by atoms with Gasteiger partial charge < -0.3 is 14.6 Å². The van der Waals surface area contributed by atoms with E-state index in [9.17, 15) is 19.5 Å². The van der Waals surface area contributed by atoms with Crippen molar-refractivity contribution in [3.8, 4) is 5.75 Å². The van der Waals surface area contributed by atoms with Crippen LogP contribution in [-0.2, 0) is 26.7 Å². The summed E-state index contributed by atoms with van der Waals surface area (Å²) in [6.07, 6.45) is 0. The number of hydrogen-bond acceptors (Lipinski definition) is 10. The number of carbonyl (C=O) groups excluding carboxylic acids is 3. The predicted octanol–water partition coefficient (Wildman–Crippen LogP) is 8.28. The number of aromatic nitrogens is 2. The standard InChI is InChI=1S/C40H31N3O6S2/c1-24-8-3-4-10-29(24)22-49-31-20-18-27(19-21-31)35(44)33-34(26-14-16-28(17-15-26)38(47)48-2)43(37(46)36(33)45)39-41-42-40(51-39)50-23-30-12-7-11-25-9-5-6-13-32(25)30/h3-21,34,44H,22-23H2,1-2H3/b35-33+. The van der Waals surface area contributed by atoms with Crippen molar-refractivity contribution in [3.05, 3.63) is 154 Å². The Morgan fingerprint density at radius 2 is 1.53 bits per heavy atom. The van der Waals surface area contributed by atoms with Gasteiger partial charge in [-0.05, 0) is 76.3 Å². The lowest BCUT2D eigenvalue weighted by molar-refractivity contribution is -0.132. The minimum atomic E-state index is -1.04. The number of ether oxygens (including phenoxy) is 2. The molecular formula is C40H31N3O6S2. The number of fused-ring (bicyclic) bond motifs is 1. The third kappa shape index (κ3) is 6.86.